The second-order valence-corrected chi connectivity index (χ2v) is 2.79. The van der Waals surface area contributed by atoms with Gasteiger partial charge in [-0.25, -0.2) is 0 Å². The summed E-state index contributed by atoms with van der Waals surface area (Å²) in [5, 5.41) is 0. The molecule has 1 aromatic rings. The molecule has 0 radical (unpaired) electrons. The number of hydrogen-bond acceptors (Lipinski definition) is 5. The third kappa shape index (κ3) is 3.19. The second-order valence-electron chi connectivity index (χ2n) is 2.79. The van der Waals surface area contributed by atoms with E-state index in [1.54, 1.807) is 6.07 Å². The molecular weight excluding hydrogens is 196 g/mol. The summed E-state index contributed by atoms with van der Waals surface area (Å²) in [5.74, 6) is 0.629. The SMILES string of the molecule is CCOc1cc(OCC)nc(C(C)=O)n1. The number of rotatable bonds is 5. The molecule has 0 fully saturated rings. The Morgan fingerprint density at radius 1 is 1.20 bits per heavy atom. The number of nitrogens with zero attached hydrogens (tertiary/aromatic N) is 2. The number of ketones is 1. The molecule has 0 atom stereocenters. The van der Waals surface area contributed by atoms with E-state index in [1.165, 1.54) is 6.92 Å². The molecule has 5 nitrogen and oxygen atoms in total. The maximum Gasteiger partial charge on any atom is 0.220 e. The standard InChI is InChI=1S/C10H14N2O3/c1-4-14-8-6-9(15-5-2)12-10(11-8)7(3)13/h6H,4-5H2,1-3H3. The lowest BCUT2D eigenvalue weighted by Crippen LogP contribution is -2.06. The zero-order valence-corrected chi connectivity index (χ0v) is 9.11. The first-order chi connectivity index (χ1) is 7.17. The number of hydrogen-bond donors (Lipinski definition) is 0. The maximum atomic E-state index is 11.1. The Hall–Kier alpha value is -1.65. The van der Waals surface area contributed by atoms with Gasteiger partial charge in [-0.05, 0) is 13.8 Å². The van der Waals surface area contributed by atoms with E-state index in [2.05, 4.69) is 9.97 Å². The Bertz CT molecular complexity index is 328. The van der Waals surface area contributed by atoms with Crippen LogP contribution in [0.25, 0.3) is 0 Å². The monoisotopic (exact) mass is 210 g/mol. The van der Waals surface area contributed by atoms with Gasteiger partial charge in [-0.3, -0.25) is 4.79 Å². The number of Topliss-reactive ketones (excluding diaryl/α,β-unsaturated/α-hetero) is 1. The minimum atomic E-state index is -0.211. The molecule has 1 aromatic heterocycles. The fourth-order valence-corrected chi connectivity index (χ4v) is 1.01. The number of aromatic nitrogens is 2. The molecule has 15 heavy (non-hydrogen) atoms. The first-order valence-corrected chi connectivity index (χ1v) is 4.83. The molecule has 1 heterocycles. The Labute approximate surface area is 88.4 Å². The molecular formula is C10H14N2O3. The van der Waals surface area contributed by atoms with Crippen LogP contribution < -0.4 is 9.47 Å². The number of carbonyl (C=O) groups is 1. The predicted molar refractivity (Wildman–Crippen MR) is 54.4 cm³/mol. The van der Waals surface area contributed by atoms with E-state index < -0.39 is 0 Å². The Morgan fingerprint density at radius 2 is 1.67 bits per heavy atom. The summed E-state index contributed by atoms with van der Waals surface area (Å²) in [6.45, 7) is 6.06. The summed E-state index contributed by atoms with van der Waals surface area (Å²) < 4.78 is 10.4. The molecule has 0 saturated carbocycles. The summed E-state index contributed by atoms with van der Waals surface area (Å²) in [5.41, 5.74) is 0. The second kappa shape index (κ2) is 5.29. The molecule has 0 bridgehead atoms. The highest BCUT2D eigenvalue weighted by molar-refractivity contribution is 5.90. The van der Waals surface area contributed by atoms with E-state index >= 15 is 0 Å². The summed E-state index contributed by atoms with van der Waals surface area (Å²) >= 11 is 0. The average molecular weight is 210 g/mol. The van der Waals surface area contributed by atoms with E-state index in [9.17, 15) is 4.79 Å². The lowest BCUT2D eigenvalue weighted by molar-refractivity contribution is 0.100. The van der Waals surface area contributed by atoms with Crippen molar-refractivity contribution >= 4 is 5.78 Å². The highest BCUT2D eigenvalue weighted by Crippen LogP contribution is 2.15. The molecule has 82 valence electrons. The molecule has 1 rings (SSSR count). The Kier molecular flexibility index (Phi) is 4.03. The Balaban J connectivity index is 3.02. The van der Waals surface area contributed by atoms with Crippen molar-refractivity contribution in [3.63, 3.8) is 0 Å². The van der Waals surface area contributed by atoms with Crippen molar-refractivity contribution in [2.24, 2.45) is 0 Å². The van der Waals surface area contributed by atoms with Gasteiger partial charge in [0.05, 0.1) is 19.3 Å². The number of carbonyl (C=O) groups excluding carboxylic acids is 1. The molecule has 0 aromatic carbocycles. The van der Waals surface area contributed by atoms with Crippen LogP contribution in [0.1, 0.15) is 31.4 Å². The van der Waals surface area contributed by atoms with Gasteiger partial charge in [0.25, 0.3) is 0 Å². The smallest absolute Gasteiger partial charge is 0.220 e. The summed E-state index contributed by atoms with van der Waals surface area (Å²) in [6, 6.07) is 1.57. The first-order valence-electron chi connectivity index (χ1n) is 4.83. The molecule has 0 amide bonds. The van der Waals surface area contributed by atoms with Crippen LogP contribution in [-0.2, 0) is 0 Å². The molecule has 0 spiro atoms. The maximum absolute atomic E-state index is 11.1. The van der Waals surface area contributed by atoms with Gasteiger partial charge in [0, 0.05) is 6.92 Å². The van der Waals surface area contributed by atoms with Gasteiger partial charge in [-0.1, -0.05) is 0 Å². The van der Waals surface area contributed by atoms with Gasteiger partial charge in [0.15, 0.2) is 5.78 Å². The molecule has 5 heteroatoms. The highest BCUT2D eigenvalue weighted by Gasteiger charge is 2.09. The van der Waals surface area contributed by atoms with Crippen LogP contribution in [0, 0.1) is 0 Å². The van der Waals surface area contributed by atoms with E-state index in [0.717, 1.165) is 0 Å². The minimum absolute atomic E-state index is 0.115. The van der Waals surface area contributed by atoms with Crippen LogP contribution in [0.4, 0.5) is 0 Å². The van der Waals surface area contributed by atoms with Crippen molar-refractivity contribution < 1.29 is 14.3 Å². The van der Waals surface area contributed by atoms with Crippen molar-refractivity contribution in [1.82, 2.24) is 9.97 Å². The minimum Gasteiger partial charge on any atom is -0.478 e. The molecule has 0 aliphatic rings. The van der Waals surface area contributed by atoms with E-state index in [1.807, 2.05) is 13.8 Å². The van der Waals surface area contributed by atoms with Crippen molar-refractivity contribution in [1.29, 1.82) is 0 Å². The van der Waals surface area contributed by atoms with E-state index in [0.29, 0.717) is 25.0 Å². The zero-order valence-electron chi connectivity index (χ0n) is 9.11. The van der Waals surface area contributed by atoms with Gasteiger partial charge in [-0.2, -0.15) is 9.97 Å². The van der Waals surface area contributed by atoms with Crippen LogP contribution in [-0.4, -0.2) is 29.0 Å². The van der Waals surface area contributed by atoms with Crippen molar-refractivity contribution in [3.05, 3.63) is 11.9 Å². The van der Waals surface area contributed by atoms with Crippen molar-refractivity contribution in [2.45, 2.75) is 20.8 Å². The van der Waals surface area contributed by atoms with Crippen LogP contribution in [0.5, 0.6) is 11.8 Å². The predicted octanol–water partition coefficient (Wildman–Crippen LogP) is 1.48. The highest BCUT2D eigenvalue weighted by atomic mass is 16.5. The molecule has 0 unspecified atom stereocenters. The average Bonchev–Trinajstić information content (AvgIpc) is 2.18. The topological polar surface area (TPSA) is 61.3 Å². The van der Waals surface area contributed by atoms with Gasteiger partial charge in [0.2, 0.25) is 17.6 Å². The zero-order chi connectivity index (χ0) is 11.3. The van der Waals surface area contributed by atoms with Gasteiger partial charge in [0.1, 0.15) is 0 Å². The van der Waals surface area contributed by atoms with Gasteiger partial charge < -0.3 is 9.47 Å². The lowest BCUT2D eigenvalue weighted by Gasteiger charge is -2.06. The number of ether oxygens (including phenoxy) is 2. The quantitative estimate of drug-likeness (QED) is 0.689. The van der Waals surface area contributed by atoms with Crippen LogP contribution in [0.15, 0.2) is 6.07 Å². The van der Waals surface area contributed by atoms with Crippen LogP contribution >= 0.6 is 0 Å². The van der Waals surface area contributed by atoms with Gasteiger partial charge >= 0.3 is 0 Å². The third-order valence-electron chi connectivity index (χ3n) is 1.58. The van der Waals surface area contributed by atoms with Gasteiger partial charge in [-0.15, -0.1) is 0 Å². The molecule has 0 aliphatic carbocycles. The molecule has 0 saturated heterocycles. The summed E-state index contributed by atoms with van der Waals surface area (Å²) in [6.07, 6.45) is 0. The fraction of sp³-hybridized carbons (Fsp3) is 0.500. The van der Waals surface area contributed by atoms with Crippen molar-refractivity contribution in [3.8, 4) is 11.8 Å². The lowest BCUT2D eigenvalue weighted by atomic mass is 10.4. The molecule has 0 N–H and O–H groups in total. The largest absolute Gasteiger partial charge is 0.478 e. The van der Waals surface area contributed by atoms with Crippen LogP contribution in [0.3, 0.4) is 0 Å². The third-order valence-corrected chi connectivity index (χ3v) is 1.58. The summed E-state index contributed by atoms with van der Waals surface area (Å²) in [7, 11) is 0. The normalized spacial score (nSPS) is 9.80. The van der Waals surface area contributed by atoms with Crippen LogP contribution in [0.2, 0.25) is 0 Å². The van der Waals surface area contributed by atoms with E-state index in [4.69, 9.17) is 9.47 Å². The Morgan fingerprint density at radius 3 is 2.00 bits per heavy atom. The summed E-state index contributed by atoms with van der Waals surface area (Å²) in [4.78, 5) is 19.0. The first kappa shape index (κ1) is 11.4. The fourth-order valence-electron chi connectivity index (χ4n) is 1.01. The van der Waals surface area contributed by atoms with E-state index in [-0.39, 0.29) is 11.6 Å². The van der Waals surface area contributed by atoms with Crippen molar-refractivity contribution in [2.75, 3.05) is 13.2 Å². The molecule has 0 aliphatic heterocycles.